The van der Waals surface area contributed by atoms with Crippen LogP contribution in [-0.2, 0) is 0 Å². The fraction of sp³-hybridized carbons (Fsp3) is 0.120. The number of H-pyrrole nitrogens is 1. The van der Waals surface area contributed by atoms with Gasteiger partial charge in [0.25, 0.3) is 5.91 Å². The van der Waals surface area contributed by atoms with Gasteiger partial charge in [0, 0.05) is 11.1 Å². The van der Waals surface area contributed by atoms with Gasteiger partial charge in [-0.2, -0.15) is 5.10 Å². The van der Waals surface area contributed by atoms with Crippen molar-refractivity contribution in [2.45, 2.75) is 0 Å². The number of nitrogens with zero attached hydrogens (tertiary/aromatic N) is 1. The number of hydrogen-bond donors (Lipinski definition) is 2. The molecule has 1 heterocycles. The molecule has 4 aromatic rings. The van der Waals surface area contributed by atoms with Crippen LogP contribution in [0.1, 0.15) is 10.5 Å². The lowest BCUT2D eigenvalue weighted by Gasteiger charge is -2.12. The quantitative estimate of drug-likeness (QED) is 0.415. The molecule has 0 aliphatic heterocycles. The molecule has 0 aliphatic rings. The third-order valence-corrected chi connectivity index (χ3v) is 4.83. The van der Waals surface area contributed by atoms with Gasteiger partial charge in [0.2, 0.25) is 0 Å². The van der Waals surface area contributed by atoms with Crippen molar-refractivity contribution in [1.82, 2.24) is 15.5 Å². The summed E-state index contributed by atoms with van der Waals surface area (Å²) in [6, 6.07) is 27.2. The number of nitrogens with one attached hydrogen (secondary N) is 2. The number of ether oxygens (including phenoxy) is 2. The standard InChI is InChI=1S/C25H23N3O3/c1-30-20-13-11-19(12-14-20)22-17-23(28-27-22)25(29)26-15-16-31-24-10-6-5-9-21(24)18-7-3-2-4-8-18/h2-14,17H,15-16H2,1H3,(H,26,29)(H,27,28). The van der Waals surface area contributed by atoms with Gasteiger partial charge in [-0.15, -0.1) is 0 Å². The summed E-state index contributed by atoms with van der Waals surface area (Å²) in [4.78, 5) is 12.4. The average molecular weight is 413 g/mol. The Morgan fingerprint density at radius 3 is 2.45 bits per heavy atom. The molecule has 0 saturated carbocycles. The predicted molar refractivity (Wildman–Crippen MR) is 120 cm³/mol. The lowest BCUT2D eigenvalue weighted by molar-refractivity contribution is 0.0942. The zero-order valence-corrected chi connectivity index (χ0v) is 17.2. The summed E-state index contributed by atoms with van der Waals surface area (Å²) < 4.78 is 11.1. The van der Waals surface area contributed by atoms with Crippen LogP contribution in [0.4, 0.5) is 0 Å². The van der Waals surface area contributed by atoms with E-state index in [0.717, 1.165) is 28.2 Å². The third kappa shape index (κ3) is 4.93. The molecule has 0 fully saturated rings. The zero-order valence-electron chi connectivity index (χ0n) is 17.2. The molecule has 156 valence electrons. The normalized spacial score (nSPS) is 10.5. The Morgan fingerprint density at radius 1 is 0.935 bits per heavy atom. The molecule has 6 nitrogen and oxygen atoms in total. The summed E-state index contributed by atoms with van der Waals surface area (Å²) in [5.41, 5.74) is 4.10. The molecule has 0 unspecified atom stereocenters. The number of carbonyl (C=O) groups is 1. The Balaban J connectivity index is 1.32. The van der Waals surface area contributed by atoms with Crippen LogP contribution in [0.5, 0.6) is 11.5 Å². The first-order valence-corrected chi connectivity index (χ1v) is 10.00. The first kappa shape index (κ1) is 20.2. The van der Waals surface area contributed by atoms with Gasteiger partial charge < -0.3 is 14.8 Å². The Kier molecular flexibility index (Phi) is 6.28. The molecule has 4 rings (SSSR count). The van der Waals surface area contributed by atoms with Gasteiger partial charge in [0.05, 0.1) is 19.3 Å². The Labute approximate surface area is 180 Å². The first-order valence-electron chi connectivity index (χ1n) is 10.00. The minimum atomic E-state index is -0.229. The molecule has 0 radical (unpaired) electrons. The number of amides is 1. The van der Waals surface area contributed by atoms with Crippen LogP contribution in [0, 0.1) is 0 Å². The summed E-state index contributed by atoms with van der Waals surface area (Å²) in [6.07, 6.45) is 0. The largest absolute Gasteiger partial charge is 0.497 e. The van der Waals surface area contributed by atoms with Crippen LogP contribution in [-0.4, -0.2) is 36.4 Å². The zero-order chi connectivity index (χ0) is 21.5. The summed E-state index contributed by atoms with van der Waals surface area (Å²) >= 11 is 0. The lowest BCUT2D eigenvalue weighted by Crippen LogP contribution is -2.28. The molecule has 6 heteroatoms. The van der Waals surface area contributed by atoms with E-state index in [2.05, 4.69) is 15.5 Å². The van der Waals surface area contributed by atoms with E-state index in [9.17, 15) is 4.79 Å². The summed E-state index contributed by atoms with van der Waals surface area (Å²) in [5.74, 6) is 1.32. The molecule has 2 N–H and O–H groups in total. The summed E-state index contributed by atoms with van der Waals surface area (Å²) in [6.45, 7) is 0.730. The maximum atomic E-state index is 12.4. The Hall–Kier alpha value is -4.06. The lowest BCUT2D eigenvalue weighted by atomic mass is 10.1. The van der Waals surface area contributed by atoms with E-state index in [1.54, 1.807) is 13.2 Å². The SMILES string of the molecule is COc1ccc(-c2cc(C(=O)NCCOc3ccccc3-c3ccccc3)[nH]n2)cc1. The molecule has 1 amide bonds. The number of methoxy groups -OCH3 is 1. The molecule has 0 spiro atoms. The van der Waals surface area contributed by atoms with Crippen molar-refractivity contribution in [2.75, 3.05) is 20.3 Å². The summed E-state index contributed by atoms with van der Waals surface area (Å²) in [5, 5.41) is 9.87. The van der Waals surface area contributed by atoms with Crippen LogP contribution in [0.15, 0.2) is 84.9 Å². The van der Waals surface area contributed by atoms with Crippen LogP contribution >= 0.6 is 0 Å². The Morgan fingerprint density at radius 2 is 1.68 bits per heavy atom. The van der Waals surface area contributed by atoms with E-state index in [1.807, 2.05) is 78.9 Å². The molecule has 0 atom stereocenters. The highest BCUT2D eigenvalue weighted by Crippen LogP contribution is 2.29. The van der Waals surface area contributed by atoms with Crippen molar-refractivity contribution in [3.63, 3.8) is 0 Å². The van der Waals surface area contributed by atoms with Crippen molar-refractivity contribution in [2.24, 2.45) is 0 Å². The van der Waals surface area contributed by atoms with Gasteiger partial charge in [-0.1, -0.05) is 48.5 Å². The molecule has 0 saturated heterocycles. The predicted octanol–water partition coefficient (Wildman–Crippen LogP) is 4.56. The van der Waals surface area contributed by atoms with Crippen LogP contribution < -0.4 is 14.8 Å². The Bertz CT molecular complexity index is 1140. The number of aromatic amines is 1. The maximum absolute atomic E-state index is 12.4. The van der Waals surface area contributed by atoms with Gasteiger partial charge in [-0.05, 0) is 42.0 Å². The van der Waals surface area contributed by atoms with Crippen molar-refractivity contribution >= 4 is 5.91 Å². The molecule has 0 bridgehead atoms. The molecular weight excluding hydrogens is 390 g/mol. The second kappa shape index (κ2) is 9.63. The number of rotatable bonds is 8. The highest BCUT2D eigenvalue weighted by Gasteiger charge is 2.11. The summed E-state index contributed by atoms with van der Waals surface area (Å²) in [7, 11) is 1.62. The van der Waals surface area contributed by atoms with E-state index in [-0.39, 0.29) is 5.91 Å². The maximum Gasteiger partial charge on any atom is 0.269 e. The monoisotopic (exact) mass is 413 g/mol. The van der Waals surface area contributed by atoms with Crippen molar-refractivity contribution < 1.29 is 14.3 Å². The van der Waals surface area contributed by atoms with Gasteiger partial charge in [-0.3, -0.25) is 9.89 Å². The first-order chi connectivity index (χ1) is 15.2. The van der Waals surface area contributed by atoms with Crippen LogP contribution in [0.3, 0.4) is 0 Å². The fourth-order valence-electron chi connectivity index (χ4n) is 3.22. The smallest absolute Gasteiger partial charge is 0.269 e. The number of carbonyl (C=O) groups excluding carboxylic acids is 1. The second-order valence-electron chi connectivity index (χ2n) is 6.86. The fourth-order valence-corrected chi connectivity index (χ4v) is 3.22. The molecule has 31 heavy (non-hydrogen) atoms. The van der Waals surface area contributed by atoms with Crippen LogP contribution in [0.25, 0.3) is 22.4 Å². The minimum absolute atomic E-state index is 0.229. The highest BCUT2D eigenvalue weighted by molar-refractivity contribution is 5.93. The molecular formula is C25H23N3O3. The highest BCUT2D eigenvalue weighted by atomic mass is 16.5. The molecule has 1 aromatic heterocycles. The number of para-hydroxylation sites is 1. The molecule has 3 aromatic carbocycles. The molecule has 0 aliphatic carbocycles. The number of hydrogen-bond acceptors (Lipinski definition) is 4. The number of benzene rings is 3. The van der Waals surface area contributed by atoms with Gasteiger partial charge in [0.15, 0.2) is 0 Å². The van der Waals surface area contributed by atoms with Gasteiger partial charge in [-0.25, -0.2) is 0 Å². The second-order valence-corrected chi connectivity index (χ2v) is 6.86. The average Bonchev–Trinajstić information content (AvgIpc) is 3.33. The van der Waals surface area contributed by atoms with Crippen molar-refractivity contribution in [1.29, 1.82) is 0 Å². The van der Waals surface area contributed by atoms with Crippen molar-refractivity contribution in [3.8, 4) is 33.9 Å². The van der Waals surface area contributed by atoms with E-state index >= 15 is 0 Å². The van der Waals surface area contributed by atoms with E-state index < -0.39 is 0 Å². The van der Waals surface area contributed by atoms with E-state index in [0.29, 0.717) is 24.5 Å². The topological polar surface area (TPSA) is 76.2 Å². The van der Waals surface area contributed by atoms with E-state index in [1.165, 1.54) is 0 Å². The minimum Gasteiger partial charge on any atom is -0.497 e. The van der Waals surface area contributed by atoms with E-state index in [4.69, 9.17) is 9.47 Å². The van der Waals surface area contributed by atoms with Crippen LogP contribution in [0.2, 0.25) is 0 Å². The number of aromatic nitrogens is 2. The van der Waals surface area contributed by atoms with Gasteiger partial charge in [0.1, 0.15) is 23.8 Å². The third-order valence-electron chi connectivity index (χ3n) is 4.83. The van der Waals surface area contributed by atoms with Gasteiger partial charge >= 0.3 is 0 Å². The van der Waals surface area contributed by atoms with Crippen molar-refractivity contribution in [3.05, 3.63) is 90.6 Å².